The summed E-state index contributed by atoms with van der Waals surface area (Å²) in [4.78, 5) is 15.4. The van der Waals surface area contributed by atoms with Crippen molar-refractivity contribution in [3.05, 3.63) is 66.4 Å². The fourth-order valence-corrected chi connectivity index (χ4v) is 2.52. The topological polar surface area (TPSA) is 89.1 Å². The fraction of sp³-hybridized carbons (Fsp3) is 0. The molecule has 2 aromatic carbocycles. The van der Waals surface area contributed by atoms with Crippen LogP contribution in [-0.2, 0) is 0 Å². The number of carbonyl (C=O) groups is 1. The minimum absolute atomic E-state index is 0.168. The average Bonchev–Trinajstić information content (AvgIpc) is 3.11. The van der Waals surface area contributed by atoms with Gasteiger partial charge < -0.3 is 9.52 Å². The Morgan fingerprint density at radius 2 is 1.79 bits per heavy atom. The molecule has 116 valence electrons. The van der Waals surface area contributed by atoms with Gasteiger partial charge in [0, 0.05) is 22.7 Å². The first-order chi connectivity index (χ1) is 11.7. The van der Waals surface area contributed by atoms with Gasteiger partial charge in [-0.3, -0.25) is 4.98 Å². The lowest BCUT2D eigenvalue weighted by Crippen LogP contribution is -1.95. The summed E-state index contributed by atoms with van der Waals surface area (Å²) in [7, 11) is 0. The van der Waals surface area contributed by atoms with Crippen molar-refractivity contribution in [3.63, 3.8) is 0 Å². The molecule has 0 bridgehead atoms. The third-order valence-corrected chi connectivity index (χ3v) is 3.66. The minimum Gasteiger partial charge on any atom is -0.478 e. The van der Waals surface area contributed by atoms with E-state index < -0.39 is 5.97 Å². The van der Waals surface area contributed by atoms with Crippen LogP contribution in [0.5, 0.6) is 0 Å². The highest BCUT2D eigenvalue weighted by Gasteiger charge is 2.14. The number of rotatable bonds is 3. The van der Waals surface area contributed by atoms with Crippen molar-refractivity contribution in [2.75, 3.05) is 0 Å². The number of benzene rings is 2. The summed E-state index contributed by atoms with van der Waals surface area (Å²) < 4.78 is 5.76. The molecule has 1 N–H and O–H groups in total. The van der Waals surface area contributed by atoms with Crippen LogP contribution in [0.3, 0.4) is 0 Å². The van der Waals surface area contributed by atoms with E-state index in [4.69, 9.17) is 9.52 Å². The van der Waals surface area contributed by atoms with Crippen molar-refractivity contribution in [2.45, 2.75) is 0 Å². The second kappa shape index (κ2) is 5.58. The lowest BCUT2D eigenvalue weighted by molar-refractivity contribution is 0.0697. The zero-order valence-corrected chi connectivity index (χ0v) is 12.4. The average molecular weight is 317 g/mol. The van der Waals surface area contributed by atoms with E-state index in [-0.39, 0.29) is 11.5 Å². The van der Waals surface area contributed by atoms with Crippen molar-refractivity contribution in [3.8, 4) is 22.9 Å². The van der Waals surface area contributed by atoms with Crippen LogP contribution in [0, 0.1) is 0 Å². The number of fused-ring (bicyclic) bond motifs is 1. The SMILES string of the molecule is O=C(O)c1cccc(-c2nnc(-c3ccnc4ccccc34)o2)c1. The van der Waals surface area contributed by atoms with Gasteiger partial charge in [-0.2, -0.15) is 0 Å². The Morgan fingerprint density at radius 1 is 0.958 bits per heavy atom. The molecule has 0 saturated heterocycles. The van der Waals surface area contributed by atoms with E-state index >= 15 is 0 Å². The van der Waals surface area contributed by atoms with Crippen molar-refractivity contribution >= 4 is 16.9 Å². The van der Waals surface area contributed by atoms with Crippen LogP contribution in [0.25, 0.3) is 33.8 Å². The summed E-state index contributed by atoms with van der Waals surface area (Å²) >= 11 is 0. The Morgan fingerprint density at radius 3 is 2.67 bits per heavy atom. The Bertz CT molecular complexity index is 1050. The Kier molecular flexibility index (Phi) is 3.28. The van der Waals surface area contributed by atoms with Gasteiger partial charge in [-0.05, 0) is 30.3 Å². The van der Waals surface area contributed by atoms with Crippen LogP contribution in [0.4, 0.5) is 0 Å². The summed E-state index contributed by atoms with van der Waals surface area (Å²) in [6.07, 6.45) is 1.69. The van der Waals surface area contributed by atoms with Crippen LogP contribution in [0.2, 0.25) is 0 Å². The highest BCUT2D eigenvalue weighted by atomic mass is 16.4. The number of carboxylic acid groups (broad SMARTS) is 1. The molecule has 6 nitrogen and oxygen atoms in total. The Labute approximate surface area is 136 Å². The first kappa shape index (κ1) is 14.1. The quantitative estimate of drug-likeness (QED) is 0.620. The number of pyridine rings is 1. The molecule has 0 aliphatic heterocycles. The summed E-state index contributed by atoms with van der Waals surface area (Å²) in [5.74, 6) is -0.366. The van der Waals surface area contributed by atoms with Gasteiger partial charge in [0.15, 0.2) is 0 Å². The van der Waals surface area contributed by atoms with Crippen molar-refractivity contribution < 1.29 is 14.3 Å². The van der Waals surface area contributed by atoms with Crippen molar-refractivity contribution in [1.82, 2.24) is 15.2 Å². The molecule has 0 fully saturated rings. The summed E-state index contributed by atoms with van der Waals surface area (Å²) in [5, 5.41) is 18.1. The van der Waals surface area contributed by atoms with E-state index in [9.17, 15) is 4.79 Å². The van der Waals surface area contributed by atoms with E-state index in [0.717, 1.165) is 16.5 Å². The third kappa shape index (κ3) is 2.40. The first-order valence-corrected chi connectivity index (χ1v) is 7.24. The number of nitrogens with zero attached hydrogens (tertiary/aromatic N) is 3. The second-order valence-corrected chi connectivity index (χ2v) is 5.17. The smallest absolute Gasteiger partial charge is 0.335 e. The number of para-hydroxylation sites is 1. The molecule has 4 aromatic rings. The predicted octanol–water partition coefficient (Wildman–Crippen LogP) is 3.65. The molecule has 0 spiro atoms. The van der Waals surface area contributed by atoms with E-state index in [1.165, 1.54) is 12.1 Å². The second-order valence-electron chi connectivity index (χ2n) is 5.17. The molecule has 0 saturated carbocycles. The number of hydrogen-bond acceptors (Lipinski definition) is 5. The fourth-order valence-electron chi connectivity index (χ4n) is 2.52. The molecule has 6 heteroatoms. The highest BCUT2D eigenvalue weighted by molar-refractivity contribution is 5.92. The summed E-state index contributed by atoms with van der Waals surface area (Å²) in [5.41, 5.74) is 2.35. The number of carboxylic acids is 1. The minimum atomic E-state index is -1.00. The van der Waals surface area contributed by atoms with E-state index in [1.807, 2.05) is 30.3 Å². The van der Waals surface area contributed by atoms with Crippen LogP contribution in [-0.4, -0.2) is 26.3 Å². The molecule has 0 amide bonds. The van der Waals surface area contributed by atoms with Crippen LogP contribution in [0.15, 0.2) is 65.2 Å². The van der Waals surface area contributed by atoms with Gasteiger partial charge >= 0.3 is 5.97 Å². The molecular formula is C18H11N3O3. The molecule has 0 aliphatic rings. The maximum Gasteiger partial charge on any atom is 0.335 e. The largest absolute Gasteiger partial charge is 0.478 e. The van der Waals surface area contributed by atoms with Crippen molar-refractivity contribution in [2.24, 2.45) is 0 Å². The molecule has 0 atom stereocenters. The monoisotopic (exact) mass is 317 g/mol. The van der Waals surface area contributed by atoms with Crippen LogP contribution < -0.4 is 0 Å². The molecule has 24 heavy (non-hydrogen) atoms. The van der Waals surface area contributed by atoms with Gasteiger partial charge in [-0.15, -0.1) is 10.2 Å². The molecule has 0 radical (unpaired) electrons. The standard InChI is InChI=1S/C18H11N3O3/c22-18(23)12-5-3-4-11(10-12)16-20-21-17(24-16)14-8-9-19-15-7-2-1-6-13(14)15/h1-10H,(H,22,23). The zero-order valence-electron chi connectivity index (χ0n) is 12.4. The van der Waals surface area contributed by atoms with E-state index in [2.05, 4.69) is 15.2 Å². The lowest BCUT2D eigenvalue weighted by atomic mass is 10.1. The van der Waals surface area contributed by atoms with Gasteiger partial charge in [0.1, 0.15) is 0 Å². The maximum absolute atomic E-state index is 11.1. The van der Waals surface area contributed by atoms with E-state index in [0.29, 0.717) is 11.5 Å². The lowest BCUT2D eigenvalue weighted by Gasteiger charge is -2.01. The zero-order chi connectivity index (χ0) is 16.5. The molecule has 2 heterocycles. The van der Waals surface area contributed by atoms with Gasteiger partial charge in [0.05, 0.1) is 11.1 Å². The Hall–Kier alpha value is -3.54. The summed E-state index contributed by atoms with van der Waals surface area (Å²) in [6, 6.07) is 15.9. The normalized spacial score (nSPS) is 10.8. The molecule has 0 aliphatic carbocycles. The van der Waals surface area contributed by atoms with E-state index in [1.54, 1.807) is 18.3 Å². The maximum atomic E-state index is 11.1. The van der Waals surface area contributed by atoms with Gasteiger partial charge in [-0.25, -0.2) is 4.79 Å². The van der Waals surface area contributed by atoms with Gasteiger partial charge in [0.25, 0.3) is 0 Å². The Balaban J connectivity index is 1.80. The first-order valence-electron chi connectivity index (χ1n) is 7.24. The number of aromatic carboxylic acids is 1. The summed E-state index contributed by atoms with van der Waals surface area (Å²) in [6.45, 7) is 0. The predicted molar refractivity (Wildman–Crippen MR) is 87.4 cm³/mol. The molecular weight excluding hydrogens is 306 g/mol. The molecule has 2 aromatic heterocycles. The third-order valence-electron chi connectivity index (χ3n) is 3.66. The van der Waals surface area contributed by atoms with Crippen LogP contribution in [0.1, 0.15) is 10.4 Å². The molecule has 0 unspecified atom stereocenters. The van der Waals surface area contributed by atoms with Gasteiger partial charge in [0.2, 0.25) is 11.8 Å². The number of hydrogen-bond donors (Lipinski definition) is 1. The highest BCUT2D eigenvalue weighted by Crippen LogP contribution is 2.29. The van der Waals surface area contributed by atoms with Crippen molar-refractivity contribution in [1.29, 1.82) is 0 Å². The number of aromatic nitrogens is 3. The van der Waals surface area contributed by atoms with Gasteiger partial charge in [-0.1, -0.05) is 24.3 Å². The molecule has 4 rings (SSSR count). The van der Waals surface area contributed by atoms with Crippen LogP contribution >= 0.6 is 0 Å².